The molecule has 0 radical (unpaired) electrons. The maximum Gasteiger partial charge on any atom is 0.323 e. The number of carbonyl (C=O) groups is 2. The summed E-state index contributed by atoms with van der Waals surface area (Å²) in [6.07, 6.45) is 3.58. The highest BCUT2D eigenvalue weighted by molar-refractivity contribution is 7.80. The van der Waals surface area contributed by atoms with E-state index in [1.54, 1.807) is 59.6 Å². The lowest BCUT2D eigenvalue weighted by Crippen LogP contribution is -2.60. The fourth-order valence-corrected chi connectivity index (χ4v) is 5.54. The molecular formula is C31H36FN7O3S. The quantitative estimate of drug-likeness (QED) is 0.327. The third-order valence-electron chi connectivity index (χ3n) is 7.77. The molecule has 3 amide bonds. The molecule has 12 heteroatoms. The van der Waals surface area contributed by atoms with Crippen LogP contribution in [-0.4, -0.2) is 89.1 Å². The number of nitrogens with one attached hydrogen (secondary N) is 3. The minimum Gasteiger partial charge on any atom is -0.457 e. The molecule has 5 rings (SSSR count). The molecule has 2 fully saturated rings. The molecule has 43 heavy (non-hydrogen) atoms. The summed E-state index contributed by atoms with van der Waals surface area (Å²) in [5.74, 6) is 0.840. The van der Waals surface area contributed by atoms with Crippen molar-refractivity contribution in [3.8, 4) is 11.5 Å². The van der Waals surface area contributed by atoms with Crippen LogP contribution in [0, 0.1) is 5.82 Å². The predicted molar refractivity (Wildman–Crippen MR) is 168 cm³/mol. The van der Waals surface area contributed by atoms with E-state index in [0.29, 0.717) is 34.6 Å². The smallest absolute Gasteiger partial charge is 0.323 e. The second-order valence-electron chi connectivity index (χ2n) is 11.0. The molecule has 0 atom stereocenters. The van der Waals surface area contributed by atoms with Gasteiger partial charge in [-0.05, 0) is 80.1 Å². The molecule has 0 spiro atoms. The number of urea groups is 1. The number of benzene rings is 2. The van der Waals surface area contributed by atoms with Crippen LogP contribution in [0.2, 0.25) is 0 Å². The minimum absolute atomic E-state index is 0.0808. The van der Waals surface area contributed by atoms with Crippen molar-refractivity contribution in [1.29, 1.82) is 0 Å². The lowest BCUT2D eigenvalue weighted by Gasteiger charge is -2.47. The van der Waals surface area contributed by atoms with Crippen LogP contribution in [0.4, 0.5) is 20.7 Å². The number of hydrogen-bond donors (Lipinski definition) is 3. The van der Waals surface area contributed by atoms with E-state index in [4.69, 9.17) is 17.0 Å². The lowest BCUT2D eigenvalue weighted by molar-refractivity contribution is -0.119. The number of likely N-dealkylation sites (N-methyl/N-ethyl adjacent to an activating group) is 1. The van der Waals surface area contributed by atoms with Crippen molar-refractivity contribution in [2.24, 2.45) is 0 Å². The number of nitrogens with zero attached hydrogens (tertiary/aromatic N) is 4. The van der Waals surface area contributed by atoms with Crippen molar-refractivity contribution in [2.45, 2.75) is 31.3 Å². The summed E-state index contributed by atoms with van der Waals surface area (Å²) in [7, 11) is 3.98. The summed E-state index contributed by atoms with van der Waals surface area (Å²) in [4.78, 5) is 36.1. The minimum atomic E-state index is -0.355. The third-order valence-corrected chi connectivity index (χ3v) is 7.98. The molecule has 10 nitrogen and oxygen atoms in total. The molecule has 2 aliphatic heterocycles. The molecule has 0 saturated carbocycles. The van der Waals surface area contributed by atoms with Gasteiger partial charge in [-0.25, -0.2) is 14.2 Å². The van der Waals surface area contributed by atoms with Crippen LogP contribution in [0.15, 0.2) is 66.9 Å². The zero-order valence-electron chi connectivity index (χ0n) is 24.3. The third kappa shape index (κ3) is 8.46. The number of thiocarbonyl (C=S) groups is 1. The Morgan fingerprint density at radius 1 is 1.02 bits per heavy atom. The topological polar surface area (TPSA) is 102 Å². The highest BCUT2D eigenvalue weighted by Crippen LogP contribution is 2.25. The van der Waals surface area contributed by atoms with Crippen molar-refractivity contribution in [1.82, 2.24) is 25.0 Å². The molecule has 0 unspecified atom stereocenters. The molecule has 0 bridgehead atoms. The Morgan fingerprint density at radius 2 is 1.72 bits per heavy atom. The van der Waals surface area contributed by atoms with Crippen molar-refractivity contribution >= 4 is 40.8 Å². The normalized spacial score (nSPS) is 16.2. The average Bonchev–Trinajstić information content (AvgIpc) is 2.97. The van der Waals surface area contributed by atoms with Crippen LogP contribution < -0.4 is 20.7 Å². The van der Waals surface area contributed by atoms with E-state index >= 15 is 0 Å². The summed E-state index contributed by atoms with van der Waals surface area (Å²) in [6, 6.07) is 16.8. The van der Waals surface area contributed by atoms with Crippen molar-refractivity contribution in [3.63, 3.8) is 0 Å². The highest BCUT2D eigenvalue weighted by Gasteiger charge is 2.33. The fraction of sp³-hybridized carbons (Fsp3) is 0.355. The molecule has 1 aromatic heterocycles. The first kappa shape index (κ1) is 30.3. The number of pyridine rings is 1. The number of hydrogen-bond acceptors (Lipinski definition) is 7. The van der Waals surface area contributed by atoms with Gasteiger partial charge in [0.25, 0.3) is 0 Å². The molecule has 0 aliphatic carbocycles. The first-order chi connectivity index (χ1) is 20.7. The fourth-order valence-electron chi connectivity index (χ4n) is 5.31. The van der Waals surface area contributed by atoms with Crippen molar-refractivity contribution in [3.05, 3.63) is 78.2 Å². The van der Waals surface area contributed by atoms with Gasteiger partial charge in [0.2, 0.25) is 5.91 Å². The monoisotopic (exact) mass is 605 g/mol. The summed E-state index contributed by atoms with van der Waals surface area (Å²) in [5.41, 5.74) is 1.35. The molecule has 2 saturated heterocycles. The molecule has 3 aromatic rings. The maximum absolute atomic E-state index is 13.1. The lowest BCUT2D eigenvalue weighted by atomic mass is 9.99. The van der Waals surface area contributed by atoms with Gasteiger partial charge >= 0.3 is 6.03 Å². The standard InChI is InChI=1S/C31H36FN7O3S/c1-37-19-25(20-37)39-15-12-24(13-16-39)38(2)31(41)35-28-18-27(11-14-33-28)42-26-9-7-23(8-10-26)34-30(43)36-29(40)17-21-3-5-22(32)6-4-21/h3-11,14,18,24-25H,12-13,15-17,19-20H2,1-2H3,(H,33,35,41)(H2,34,36,40,43). The number of likely N-dealkylation sites (tertiary alicyclic amines) is 2. The summed E-state index contributed by atoms with van der Waals surface area (Å²) in [6.45, 7) is 4.27. The van der Waals surface area contributed by atoms with Crippen LogP contribution in [0.1, 0.15) is 18.4 Å². The summed E-state index contributed by atoms with van der Waals surface area (Å²) in [5, 5.41) is 8.62. The number of ether oxygens (including phenoxy) is 1. The molecule has 3 heterocycles. The van der Waals surface area contributed by atoms with Gasteiger partial charge in [-0.3, -0.25) is 15.0 Å². The van der Waals surface area contributed by atoms with Crippen LogP contribution in [0.25, 0.3) is 0 Å². The Balaban J connectivity index is 1.07. The average molecular weight is 606 g/mol. The Bertz CT molecular complexity index is 1430. The van der Waals surface area contributed by atoms with Gasteiger partial charge in [-0.2, -0.15) is 0 Å². The Hall–Kier alpha value is -4.13. The highest BCUT2D eigenvalue weighted by atomic mass is 32.1. The second-order valence-corrected chi connectivity index (χ2v) is 11.4. The SMILES string of the molecule is CN1CC(N2CCC(N(C)C(=O)Nc3cc(Oc4ccc(NC(=S)NC(=O)Cc5ccc(F)cc5)cc4)ccn3)CC2)C1. The molecule has 226 valence electrons. The van der Waals surface area contributed by atoms with Gasteiger partial charge in [0, 0.05) is 63.3 Å². The molecular weight excluding hydrogens is 569 g/mol. The Labute approximate surface area is 256 Å². The first-order valence-corrected chi connectivity index (χ1v) is 14.7. The summed E-state index contributed by atoms with van der Waals surface area (Å²) < 4.78 is 19.0. The summed E-state index contributed by atoms with van der Waals surface area (Å²) >= 11 is 5.24. The Morgan fingerprint density at radius 3 is 2.40 bits per heavy atom. The first-order valence-electron chi connectivity index (χ1n) is 14.3. The molecule has 2 aliphatic rings. The van der Waals surface area contributed by atoms with Crippen LogP contribution >= 0.6 is 12.2 Å². The molecule has 3 N–H and O–H groups in total. The van der Waals surface area contributed by atoms with Gasteiger partial charge < -0.3 is 25.2 Å². The number of aromatic nitrogens is 1. The zero-order valence-corrected chi connectivity index (χ0v) is 25.1. The van der Waals surface area contributed by atoms with E-state index < -0.39 is 0 Å². The van der Waals surface area contributed by atoms with Gasteiger partial charge in [-0.15, -0.1) is 0 Å². The number of amides is 3. The van der Waals surface area contributed by atoms with Crippen molar-refractivity contribution < 1.29 is 18.7 Å². The van der Waals surface area contributed by atoms with Crippen LogP contribution in [0.3, 0.4) is 0 Å². The van der Waals surface area contributed by atoms with E-state index in [1.165, 1.54) is 12.1 Å². The Kier molecular flexibility index (Phi) is 9.80. The van der Waals surface area contributed by atoms with E-state index in [2.05, 4.69) is 37.8 Å². The number of piperidine rings is 1. The van der Waals surface area contributed by atoms with E-state index in [-0.39, 0.29) is 35.3 Å². The van der Waals surface area contributed by atoms with Crippen LogP contribution in [0.5, 0.6) is 11.5 Å². The number of carbonyl (C=O) groups excluding carboxylic acids is 2. The number of anilines is 2. The second kappa shape index (κ2) is 13.9. The van der Waals surface area contributed by atoms with E-state index in [9.17, 15) is 14.0 Å². The van der Waals surface area contributed by atoms with E-state index in [1.807, 2.05) is 7.05 Å². The van der Waals surface area contributed by atoms with Crippen molar-refractivity contribution in [2.75, 3.05) is 50.9 Å². The number of halogens is 1. The molecule has 2 aromatic carbocycles. The van der Waals surface area contributed by atoms with Gasteiger partial charge in [0.05, 0.1) is 6.42 Å². The number of rotatable bonds is 8. The maximum atomic E-state index is 13.1. The van der Waals surface area contributed by atoms with Gasteiger partial charge in [-0.1, -0.05) is 12.1 Å². The largest absolute Gasteiger partial charge is 0.457 e. The van der Waals surface area contributed by atoms with Crippen LogP contribution in [-0.2, 0) is 11.2 Å². The van der Waals surface area contributed by atoms with Gasteiger partial charge in [0.1, 0.15) is 23.1 Å². The van der Waals surface area contributed by atoms with E-state index in [0.717, 1.165) is 39.0 Å². The predicted octanol–water partition coefficient (Wildman–Crippen LogP) is 4.31. The van der Waals surface area contributed by atoms with Gasteiger partial charge in [0.15, 0.2) is 5.11 Å². The zero-order chi connectivity index (χ0) is 30.3.